The molecule has 1 aliphatic carbocycles. The SMILES string of the molecule is Cc1ccc(OCCCN(CCO)C2CCC2)cc1C. The van der Waals surface area contributed by atoms with Gasteiger partial charge in [-0.2, -0.15) is 0 Å². The summed E-state index contributed by atoms with van der Waals surface area (Å²) < 4.78 is 5.81. The third-order valence-electron chi connectivity index (χ3n) is 4.32. The van der Waals surface area contributed by atoms with E-state index in [0.717, 1.165) is 31.9 Å². The summed E-state index contributed by atoms with van der Waals surface area (Å²) in [5.41, 5.74) is 2.58. The normalized spacial score (nSPS) is 15.4. The van der Waals surface area contributed by atoms with Crippen LogP contribution in [0.1, 0.15) is 36.8 Å². The number of aliphatic hydroxyl groups excluding tert-OH is 1. The molecule has 1 N–H and O–H groups in total. The highest BCUT2D eigenvalue weighted by atomic mass is 16.5. The van der Waals surface area contributed by atoms with Crippen molar-refractivity contribution in [2.75, 3.05) is 26.3 Å². The smallest absolute Gasteiger partial charge is 0.119 e. The van der Waals surface area contributed by atoms with Gasteiger partial charge >= 0.3 is 0 Å². The van der Waals surface area contributed by atoms with Gasteiger partial charge in [0.05, 0.1) is 13.2 Å². The van der Waals surface area contributed by atoms with Gasteiger partial charge in [-0.25, -0.2) is 0 Å². The standard InChI is InChI=1S/C17H27NO2/c1-14-7-8-17(13-15(14)2)20-12-4-9-18(10-11-19)16-5-3-6-16/h7-8,13,16,19H,3-6,9-12H2,1-2H3. The number of nitrogens with zero attached hydrogens (tertiary/aromatic N) is 1. The fourth-order valence-electron chi connectivity index (χ4n) is 2.62. The van der Waals surface area contributed by atoms with Gasteiger partial charge in [0, 0.05) is 19.1 Å². The Morgan fingerprint density at radius 1 is 1.20 bits per heavy atom. The first kappa shape index (κ1) is 15.3. The first-order chi connectivity index (χ1) is 9.70. The van der Waals surface area contributed by atoms with Gasteiger partial charge in [-0.15, -0.1) is 0 Å². The molecule has 1 aliphatic rings. The molecule has 112 valence electrons. The van der Waals surface area contributed by atoms with Crippen LogP contribution in [0.25, 0.3) is 0 Å². The highest BCUT2D eigenvalue weighted by Crippen LogP contribution is 2.24. The molecule has 1 fully saturated rings. The Bertz CT molecular complexity index is 415. The molecule has 1 aromatic carbocycles. The van der Waals surface area contributed by atoms with E-state index in [4.69, 9.17) is 9.84 Å². The van der Waals surface area contributed by atoms with E-state index in [0.29, 0.717) is 6.04 Å². The average Bonchev–Trinajstić information content (AvgIpc) is 2.37. The van der Waals surface area contributed by atoms with Crippen LogP contribution in [0.2, 0.25) is 0 Å². The summed E-state index contributed by atoms with van der Waals surface area (Å²) in [4.78, 5) is 2.41. The second kappa shape index (κ2) is 7.65. The number of rotatable bonds is 8. The molecule has 0 aliphatic heterocycles. The topological polar surface area (TPSA) is 32.7 Å². The maximum Gasteiger partial charge on any atom is 0.119 e. The van der Waals surface area contributed by atoms with Crippen LogP contribution in [0.15, 0.2) is 18.2 Å². The summed E-state index contributed by atoms with van der Waals surface area (Å²) in [5.74, 6) is 0.963. The number of benzene rings is 1. The van der Waals surface area contributed by atoms with E-state index in [1.165, 1.54) is 30.4 Å². The van der Waals surface area contributed by atoms with Crippen LogP contribution in [0.3, 0.4) is 0 Å². The zero-order chi connectivity index (χ0) is 14.4. The maximum atomic E-state index is 9.12. The molecule has 3 heteroatoms. The van der Waals surface area contributed by atoms with Crippen molar-refractivity contribution in [3.8, 4) is 5.75 Å². The summed E-state index contributed by atoms with van der Waals surface area (Å²) in [6.07, 6.45) is 4.94. The second-order valence-electron chi connectivity index (χ2n) is 5.79. The van der Waals surface area contributed by atoms with Crippen molar-refractivity contribution in [2.24, 2.45) is 0 Å². The lowest BCUT2D eigenvalue weighted by Gasteiger charge is -2.37. The third kappa shape index (κ3) is 4.22. The fraction of sp³-hybridized carbons (Fsp3) is 0.647. The number of hydrogen-bond acceptors (Lipinski definition) is 3. The van der Waals surface area contributed by atoms with E-state index in [-0.39, 0.29) is 6.61 Å². The summed E-state index contributed by atoms with van der Waals surface area (Å²) in [6, 6.07) is 6.95. The Morgan fingerprint density at radius 2 is 2.00 bits per heavy atom. The molecule has 3 nitrogen and oxygen atoms in total. The van der Waals surface area contributed by atoms with Crippen molar-refractivity contribution in [3.63, 3.8) is 0 Å². The van der Waals surface area contributed by atoms with Crippen LogP contribution in [-0.2, 0) is 0 Å². The number of ether oxygens (including phenoxy) is 1. The lowest BCUT2D eigenvalue weighted by molar-refractivity contribution is 0.0952. The van der Waals surface area contributed by atoms with Crippen LogP contribution in [-0.4, -0.2) is 42.4 Å². The summed E-state index contributed by atoms with van der Waals surface area (Å²) in [5, 5.41) is 9.12. The fourth-order valence-corrected chi connectivity index (χ4v) is 2.62. The molecular weight excluding hydrogens is 250 g/mol. The van der Waals surface area contributed by atoms with Gasteiger partial charge in [0.2, 0.25) is 0 Å². The van der Waals surface area contributed by atoms with Gasteiger partial charge in [-0.1, -0.05) is 12.5 Å². The van der Waals surface area contributed by atoms with Crippen LogP contribution >= 0.6 is 0 Å². The Balaban J connectivity index is 1.70. The summed E-state index contributed by atoms with van der Waals surface area (Å²) in [6.45, 7) is 7.06. The van der Waals surface area contributed by atoms with Gasteiger partial charge in [-0.3, -0.25) is 4.90 Å². The quantitative estimate of drug-likeness (QED) is 0.742. The molecule has 0 aromatic heterocycles. The molecule has 0 saturated heterocycles. The molecule has 20 heavy (non-hydrogen) atoms. The minimum absolute atomic E-state index is 0.258. The van der Waals surface area contributed by atoms with Crippen LogP contribution in [0.4, 0.5) is 0 Å². The van der Waals surface area contributed by atoms with Crippen LogP contribution in [0, 0.1) is 13.8 Å². The molecule has 0 radical (unpaired) electrons. The highest BCUT2D eigenvalue weighted by Gasteiger charge is 2.23. The average molecular weight is 277 g/mol. The zero-order valence-electron chi connectivity index (χ0n) is 12.8. The molecule has 0 heterocycles. The molecule has 2 rings (SSSR count). The van der Waals surface area contributed by atoms with E-state index >= 15 is 0 Å². The van der Waals surface area contributed by atoms with E-state index in [1.54, 1.807) is 0 Å². The summed E-state index contributed by atoms with van der Waals surface area (Å²) >= 11 is 0. The van der Waals surface area contributed by atoms with Crippen molar-refractivity contribution < 1.29 is 9.84 Å². The molecule has 0 unspecified atom stereocenters. The van der Waals surface area contributed by atoms with Crippen molar-refractivity contribution in [3.05, 3.63) is 29.3 Å². The molecule has 0 amide bonds. The van der Waals surface area contributed by atoms with E-state index < -0.39 is 0 Å². The summed E-state index contributed by atoms with van der Waals surface area (Å²) in [7, 11) is 0. The predicted octanol–water partition coefficient (Wildman–Crippen LogP) is 2.92. The largest absolute Gasteiger partial charge is 0.494 e. The van der Waals surface area contributed by atoms with E-state index in [1.807, 2.05) is 6.07 Å². The highest BCUT2D eigenvalue weighted by molar-refractivity contribution is 5.33. The van der Waals surface area contributed by atoms with E-state index in [9.17, 15) is 0 Å². The zero-order valence-corrected chi connectivity index (χ0v) is 12.8. The third-order valence-corrected chi connectivity index (χ3v) is 4.32. The molecule has 0 spiro atoms. The first-order valence-corrected chi connectivity index (χ1v) is 7.75. The number of aliphatic hydroxyl groups is 1. The minimum Gasteiger partial charge on any atom is -0.494 e. The Morgan fingerprint density at radius 3 is 2.60 bits per heavy atom. The lowest BCUT2D eigenvalue weighted by Crippen LogP contribution is -2.42. The molecule has 0 bridgehead atoms. The minimum atomic E-state index is 0.258. The van der Waals surface area contributed by atoms with Gasteiger partial charge in [0.15, 0.2) is 0 Å². The van der Waals surface area contributed by atoms with Gasteiger partial charge in [-0.05, 0) is 56.4 Å². The predicted molar refractivity (Wildman–Crippen MR) is 82.3 cm³/mol. The monoisotopic (exact) mass is 277 g/mol. The first-order valence-electron chi connectivity index (χ1n) is 7.75. The molecule has 1 saturated carbocycles. The van der Waals surface area contributed by atoms with Crippen LogP contribution < -0.4 is 4.74 Å². The van der Waals surface area contributed by atoms with Crippen LogP contribution in [0.5, 0.6) is 5.75 Å². The van der Waals surface area contributed by atoms with E-state index in [2.05, 4.69) is 30.9 Å². The molecule has 0 atom stereocenters. The maximum absolute atomic E-state index is 9.12. The van der Waals surface area contributed by atoms with Crippen molar-refractivity contribution in [1.82, 2.24) is 4.90 Å². The molecule has 1 aromatic rings. The van der Waals surface area contributed by atoms with Crippen molar-refractivity contribution in [2.45, 2.75) is 45.6 Å². The van der Waals surface area contributed by atoms with Gasteiger partial charge in [0.1, 0.15) is 5.75 Å². The van der Waals surface area contributed by atoms with Crippen molar-refractivity contribution >= 4 is 0 Å². The Labute approximate surface area is 122 Å². The lowest BCUT2D eigenvalue weighted by atomic mass is 9.91. The number of hydrogen-bond donors (Lipinski definition) is 1. The van der Waals surface area contributed by atoms with Gasteiger partial charge < -0.3 is 9.84 Å². The molecular formula is C17H27NO2. The number of aryl methyl sites for hydroxylation is 2. The Kier molecular flexibility index (Phi) is 5.86. The second-order valence-corrected chi connectivity index (χ2v) is 5.79. The van der Waals surface area contributed by atoms with Gasteiger partial charge in [0.25, 0.3) is 0 Å². The Hall–Kier alpha value is -1.06. The van der Waals surface area contributed by atoms with Crippen molar-refractivity contribution in [1.29, 1.82) is 0 Å².